The van der Waals surface area contributed by atoms with Crippen molar-refractivity contribution in [3.63, 3.8) is 0 Å². The molecule has 1 aromatic heterocycles. The molecule has 2 aromatic rings. The van der Waals surface area contributed by atoms with Crippen molar-refractivity contribution in [1.82, 2.24) is 19.6 Å². The van der Waals surface area contributed by atoms with Crippen LogP contribution in [-0.4, -0.2) is 51.2 Å². The molecular formula is C18H22N4O. The van der Waals surface area contributed by atoms with Crippen molar-refractivity contribution in [2.75, 3.05) is 19.6 Å². The van der Waals surface area contributed by atoms with Gasteiger partial charge in [0.25, 0.3) is 0 Å². The van der Waals surface area contributed by atoms with Gasteiger partial charge < -0.3 is 4.90 Å². The van der Waals surface area contributed by atoms with Crippen molar-refractivity contribution in [1.29, 1.82) is 0 Å². The van der Waals surface area contributed by atoms with Gasteiger partial charge in [-0.1, -0.05) is 24.3 Å². The minimum atomic E-state index is -0.0490. The number of hydrogen-bond donors (Lipinski definition) is 0. The summed E-state index contributed by atoms with van der Waals surface area (Å²) in [5.74, 6) is 0.249. The summed E-state index contributed by atoms with van der Waals surface area (Å²) >= 11 is 0. The molecule has 3 heterocycles. The van der Waals surface area contributed by atoms with Gasteiger partial charge in [-0.2, -0.15) is 5.10 Å². The SMILES string of the molecule is C[C@H](C(=O)N1CCc2ccccc2C1)N1CC(n2cccn2)C1. The van der Waals surface area contributed by atoms with E-state index in [-0.39, 0.29) is 11.9 Å². The van der Waals surface area contributed by atoms with Crippen LogP contribution in [0.25, 0.3) is 0 Å². The molecule has 1 fully saturated rings. The lowest BCUT2D eigenvalue weighted by atomic mass is 9.98. The van der Waals surface area contributed by atoms with E-state index in [1.54, 1.807) is 0 Å². The van der Waals surface area contributed by atoms with Crippen molar-refractivity contribution < 1.29 is 4.79 Å². The molecule has 2 aliphatic heterocycles. The third kappa shape index (κ3) is 2.65. The summed E-state index contributed by atoms with van der Waals surface area (Å²) < 4.78 is 1.99. The molecule has 1 atom stereocenters. The Kier molecular flexibility index (Phi) is 3.65. The van der Waals surface area contributed by atoms with E-state index in [4.69, 9.17) is 0 Å². The largest absolute Gasteiger partial charge is 0.337 e. The Balaban J connectivity index is 1.37. The summed E-state index contributed by atoms with van der Waals surface area (Å²) in [6.45, 7) is 5.41. The lowest BCUT2D eigenvalue weighted by Crippen LogP contribution is -2.57. The zero-order chi connectivity index (χ0) is 15.8. The zero-order valence-corrected chi connectivity index (χ0v) is 13.4. The van der Waals surface area contributed by atoms with Crippen LogP contribution in [0.4, 0.5) is 0 Å². The van der Waals surface area contributed by atoms with Crippen molar-refractivity contribution >= 4 is 5.91 Å². The first-order valence-corrected chi connectivity index (χ1v) is 8.31. The highest BCUT2D eigenvalue weighted by atomic mass is 16.2. The Hall–Kier alpha value is -2.14. The Labute approximate surface area is 136 Å². The van der Waals surface area contributed by atoms with E-state index in [1.165, 1.54) is 11.1 Å². The molecule has 1 aromatic carbocycles. The van der Waals surface area contributed by atoms with E-state index >= 15 is 0 Å². The number of aromatic nitrogens is 2. The van der Waals surface area contributed by atoms with Crippen molar-refractivity contribution in [2.45, 2.75) is 32.0 Å². The molecule has 0 saturated carbocycles. The summed E-state index contributed by atoms with van der Waals surface area (Å²) in [5.41, 5.74) is 2.67. The number of likely N-dealkylation sites (tertiary alicyclic amines) is 1. The predicted molar refractivity (Wildman–Crippen MR) is 87.9 cm³/mol. The maximum absolute atomic E-state index is 12.8. The summed E-state index contributed by atoms with van der Waals surface area (Å²) in [5, 5.41) is 4.29. The number of hydrogen-bond acceptors (Lipinski definition) is 3. The van der Waals surface area contributed by atoms with Crippen LogP contribution in [0.2, 0.25) is 0 Å². The number of benzene rings is 1. The van der Waals surface area contributed by atoms with Crippen LogP contribution in [0.1, 0.15) is 24.1 Å². The molecule has 0 aliphatic carbocycles. The summed E-state index contributed by atoms with van der Waals surface area (Å²) in [6, 6.07) is 10.7. The number of carbonyl (C=O) groups is 1. The first-order chi connectivity index (χ1) is 11.2. The number of amides is 1. The third-order valence-corrected chi connectivity index (χ3v) is 5.14. The normalized spacial score (nSPS) is 20.0. The average Bonchev–Trinajstić information content (AvgIpc) is 3.06. The molecule has 1 amide bonds. The monoisotopic (exact) mass is 310 g/mol. The molecule has 0 N–H and O–H groups in total. The standard InChI is InChI=1S/C18H22N4O/c1-14(21-12-17(13-21)22-9-4-8-19-22)18(23)20-10-7-15-5-2-3-6-16(15)11-20/h2-6,8-9,14,17H,7,10-13H2,1H3/t14-/m1/s1. The van der Waals surface area contributed by atoms with Crippen LogP contribution in [0.5, 0.6) is 0 Å². The van der Waals surface area contributed by atoms with E-state index in [9.17, 15) is 4.79 Å². The fourth-order valence-electron chi connectivity index (χ4n) is 3.57. The maximum Gasteiger partial charge on any atom is 0.239 e. The van der Waals surface area contributed by atoms with Gasteiger partial charge in [-0.15, -0.1) is 0 Å². The number of fused-ring (bicyclic) bond motifs is 1. The lowest BCUT2D eigenvalue weighted by Gasteiger charge is -2.44. The molecule has 5 heteroatoms. The Morgan fingerprint density at radius 1 is 1.22 bits per heavy atom. The fraction of sp³-hybridized carbons (Fsp3) is 0.444. The molecule has 1 saturated heterocycles. The summed E-state index contributed by atoms with van der Waals surface area (Å²) in [4.78, 5) is 17.1. The van der Waals surface area contributed by atoms with Gasteiger partial charge in [0.15, 0.2) is 0 Å². The highest BCUT2D eigenvalue weighted by molar-refractivity contribution is 5.82. The minimum absolute atomic E-state index is 0.0490. The molecule has 5 nitrogen and oxygen atoms in total. The minimum Gasteiger partial charge on any atom is -0.337 e. The third-order valence-electron chi connectivity index (χ3n) is 5.14. The Bertz CT molecular complexity index is 691. The van der Waals surface area contributed by atoms with Crippen LogP contribution in [-0.2, 0) is 17.8 Å². The second kappa shape index (κ2) is 5.81. The van der Waals surface area contributed by atoms with E-state index in [2.05, 4.69) is 34.3 Å². The molecule has 0 unspecified atom stereocenters. The highest BCUT2D eigenvalue weighted by Gasteiger charge is 2.36. The van der Waals surface area contributed by atoms with Gasteiger partial charge in [-0.3, -0.25) is 14.4 Å². The van der Waals surface area contributed by atoms with Crippen molar-refractivity contribution in [3.8, 4) is 0 Å². The maximum atomic E-state index is 12.8. The van der Waals surface area contributed by atoms with Crippen molar-refractivity contribution in [3.05, 3.63) is 53.9 Å². The van der Waals surface area contributed by atoms with Crippen LogP contribution in [0.15, 0.2) is 42.7 Å². The van der Waals surface area contributed by atoms with Gasteiger partial charge in [0.1, 0.15) is 0 Å². The van der Waals surface area contributed by atoms with Crippen LogP contribution in [0, 0.1) is 0 Å². The molecular weight excluding hydrogens is 288 g/mol. The number of nitrogens with zero attached hydrogens (tertiary/aromatic N) is 4. The zero-order valence-electron chi connectivity index (χ0n) is 13.4. The molecule has 4 rings (SSSR count). The molecule has 120 valence electrons. The van der Waals surface area contributed by atoms with Gasteiger partial charge in [0, 0.05) is 38.6 Å². The van der Waals surface area contributed by atoms with E-state index in [0.29, 0.717) is 6.04 Å². The lowest BCUT2D eigenvalue weighted by molar-refractivity contribution is -0.140. The second-order valence-electron chi connectivity index (χ2n) is 6.55. The second-order valence-corrected chi connectivity index (χ2v) is 6.55. The first-order valence-electron chi connectivity index (χ1n) is 8.31. The summed E-state index contributed by atoms with van der Waals surface area (Å²) in [7, 11) is 0. The Morgan fingerprint density at radius 3 is 2.74 bits per heavy atom. The van der Waals surface area contributed by atoms with E-state index in [0.717, 1.165) is 32.6 Å². The molecule has 0 radical (unpaired) electrons. The Morgan fingerprint density at radius 2 is 2.00 bits per heavy atom. The van der Waals surface area contributed by atoms with Crippen LogP contribution in [0.3, 0.4) is 0 Å². The number of rotatable bonds is 3. The topological polar surface area (TPSA) is 41.4 Å². The highest BCUT2D eigenvalue weighted by Crippen LogP contribution is 2.25. The van der Waals surface area contributed by atoms with Gasteiger partial charge in [-0.25, -0.2) is 0 Å². The number of carbonyl (C=O) groups excluding carboxylic acids is 1. The molecule has 0 spiro atoms. The van der Waals surface area contributed by atoms with Gasteiger partial charge in [0.05, 0.1) is 12.1 Å². The molecule has 2 aliphatic rings. The average molecular weight is 310 g/mol. The molecule has 23 heavy (non-hydrogen) atoms. The quantitative estimate of drug-likeness (QED) is 0.867. The smallest absolute Gasteiger partial charge is 0.239 e. The van der Waals surface area contributed by atoms with Crippen LogP contribution >= 0.6 is 0 Å². The summed E-state index contributed by atoms with van der Waals surface area (Å²) in [6.07, 6.45) is 4.77. The molecule has 0 bridgehead atoms. The first kappa shape index (κ1) is 14.5. The van der Waals surface area contributed by atoms with Crippen LogP contribution < -0.4 is 0 Å². The van der Waals surface area contributed by atoms with Gasteiger partial charge >= 0.3 is 0 Å². The van der Waals surface area contributed by atoms with E-state index in [1.807, 2.05) is 35.0 Å². The van der Waals surface area contributed by atoms with Gasteiger partial charge in [-0.05, 0) is 30.5 Å². The van der Waals surface area contributed by atoms with Gasteiger partial charge in [0.2, 0.25) is 5.91 Å². The predicted octanol–water partition coefficient (Wildman–Crippen LogP) is 1.71. The van der Waals surface area contributed by atoms with E-state index < -0.39 is 0 Å². The van der Waals surface area contributed by atoms with Crippen molar-refractivity contribution in [2.24, 2.45) is 0 Å². The fourth-order valence-corrected chi connectivity index (χ4v) is 3.57.